The van der Waals surface area contributed by atoms with Crippen molar-refractivity contribution in [1.29, 1.82) is 0 Å². The van der Waals surface area contributed by atoms with E-state index in [1.54, 1.807) is 48.0 Å². The molecule has 0 unspecified atom stereocenters. The minimum atomic E-state index is -2.93. The lowest BCUT2D eigenvalue weighted by molar-refractivity contribution is -0.231. The number of methoxy groups -OCH3 is 3. The number of carbonyl (C=O) groups excluding carboxylic acids is 5. The zero-order chi connectivity index (χ0) is 48.2. The third-order valence-electron chi connectivity index (χ3n) is 14.4. The number of cyclic esters (lactones) is 1. The van der Waals surface area contributed by atoms with Crippen molar-refractivity contribution in [2.75, 3.05) is 27.9 Å². The minimum Gasteiger partial charge on any atom is -0.460 e. The summed E-state index contributed by atoms with van der Waals surface area (Å²) in [5.74, 6) is -9.16. The van der Waals surface area contributed by atoms with Gasteiger partial charge in [-0.25, -0.2) is 9.18 Å². The Morgan fingerprint density at radius 2 is 1.58 bits per heavy atom. The molecule has 13 nitrogen and oxygen atoms in total. The molecule has 1 amide bonds. The van der Waals surface area contributed by atoms with Gasteiger partial charge in [-0.1, -0.05) is 71.1 Å². The molecule has 3 heterocycles. The van der Waals surface area contributed by atoms with E-state index in [2.05, 4.69) is 0 Å². The third kappa shape index (κ3) is 14.3. The van der Waals surface area contributed by atoms with E-state index in [0.29, 0.717) is 56.9 Å². The molecular formula is C51H78FNO12. The Labute approximate surface area is 386 Å². The highest BCUT2D eigenvalue weighted by molar-refractivity contribution is 6.39. The number of nitrogens with zero attached hydrogens (tertiary/aromatic N) is 1. The van der Waals surface area contributed by atoms with Crippen LogP contribution in [0.25, 0.3) is 0 Å². The van der Waals surface area contributed by atoms with Gasteiger partial charge in [0, 0.05) is 58.5 Å². The first-order valence-electron chi connectivity index (χ1n) is 23.9. The molecule has 3 aliphatic heterocycles. The number of allylic oxidation sites excluding steroid dienone is 6. The molecule has 4 aliphatic rings. The molecule has 0 spiro atoms. The second-order valence-electron chi connectivity index (χ2n) is 19.5. The summed E-state index contributed by atoms with van der Waals surface area (Å²) in [6.07, 6.45) is 10.3. The van der Waals surface area contributed by atoms with Gasteiger partial charge in [0.25, 0.3) is 17.5 Å². The summed E-state index contributed by atoms with van der Waals surface area (Å²) in [6, 6.07) is -1.20. The Balaban J connectivity index is 1.70. The van der Waals surface area contributed by atoms with Gasteiger partial charge in [0.2, 0.25) is 0 Å². The van der Waals surface area contributed by atoms with Crippen LogP contribution in [0.5, 0.6) is 0 Å². The average molecular weight is 916 g/mol. The van der Waals surface area contributed by atoms with Crippen molar-refractivity contribution in [3.8, 4) is 0 Å². The lowest BCUT2D eigenvalue weighted by atomic mass is 9.78. The summed E-state index contributed by atoms with van der Waals surface area (Å²) < 4.78 is 46.1. The van der Waals surface area contributed by atoms with Crippen LogP contribution < -0.4 is 0 Å². The van der Waals surface area contributed by atoms with Crippen LogP contribution in [0.4, 0.5) is 4.39 Å². The number of hydrogen-bond acceptors (Lipinski definition) is 12. The highest BCUT2D eigenvalue weighted by atomic mass is 19.2. The highest BCUT2D eigenvalue weighted by Gasteiger charge is 2.55. The molecule has 2 N–H and O–H groups in total. The number of amides is 1. The Kier molecular flexibility index (Phi) is 20.9. The molecule has 65 heavy (non-hydrogen) atoms. The predicted molar refractivity (Wildman–Crippen MR) is 244 cm³/mol. The number of aliphatic hydroxyl groups is 2. The molecule has 15 atom stereocenters. The Bertz CT molecular complexity index is 1760. The summed E-state index contributed by atoms with van der Waals surface area (Å²) in [5.41, 5.74) is 1.22. The molecular weight excluding hydrogens is 838 g/mol. The van der Waals surface area contributed by atoms with E-state index >= 15 is 4.39 Å². The fraction of sp³-hybridized carbons (Fsp3) is 0.745. The number of aliphatic hydroxyl groups excluding tert-OH is 2. The van der Waals surface area contributed by atoms with Gasteiger partial charge in [0.05, 0.1) is 24.4 Å². The van der Waals surface area contributed by atoms with Crippen molar-refractivity contribution in [2.45, 2.75) is 180 Å². The molecule has 2 bridgehead atoms. The first-order chi connectivity index (χ1) is 30.7. The molecule has 4 rings (SSSR count). The van der Waals surface area contributed by atoms with Gasteiger partial charge in [0.15, 0.2) is 5.78 Å². The molecule has 0 aromatic carbocycles. The minimum absolute atomic E-state index is 0.00748. The fourth-order valence-corrected chi connectivity index (χ4v) is 10.1. The van der Waals surface area contributed by atoms with E-state index in [4.69, 9.17) is 23.7 Å². The summed E-state index contributed by atoms with van der Waals surface area (Å²) in [5, 5.41) is 21.9. The second-order valence-corrected chi connectivity index (χ2v) is 19.5. The number of rotatable bonds is 6. The van der Waals surface area contributed by atoms with Crippen LogP contribution >= 0.6 is 0 Å². The van der Waals surface area contributed by atoms with Crippen LogP contribution in [0.1, 0.15) is 126 Å². The van der Waals surface area contributed by atoms with E-state index in [1.807, 2.05) is 51.2 Å². The van der Waals surface area contributed by atoms with Crippen LogP contribution in [0.15, 0.2) is 47.6 Å². The van der Waals surface area contributed by atoms with E-state index in [-0.39, 0.29) is 67.7 Å². The Morgan fingerprint density at radius 3 is 2.26 bits per heavy atom. The number of esters is 1. The van der Waals surface area contributed by atoms with Gasteiger partial charge in [0.1, 0.15) is 30.1 Å². The van der Waals surface area contributed by atoms with Gasteiger partial charge in [-0.05, 0) is 107 Å². The number of Topliss-reactive ketones (excluding diaryl/α,β-unsaturated/α-hetero) is 3. The maximum absolute atomic E-state index is 17.1. The number of ether oxygens (including phenoxy) is 5. The van der Waals surface area contributed by atoms with Gasteiger partial charge >= 0.3 is 5.97 Å². The van der Waals surface area contributed by atoms with E-state index in [0.717, 1.165) is 10.5 Å². The molecule has 366 valence electrons. The number of halogens is 1. The first kappa shape index (κ1) is 54.2. The number of carbonyl (C=O) groups is 5. The van der Waals surface area contributed by atoms with Gasteiger partial charge < -0.3 is 38.8 Å². The molecule has 1 aliphatic carbocycles. The van der Waals surface area contributed by atoms with Gasteiger partial charge in [-0.2, -0.15) is 0 Å². The smallest absolute Gasteiger partial charge is 0.329 e. The zero-order valence-electron chi connectivity index (χ0n) is 40.5. The largest absolute Gasteiger partial charge is 0.460 e. The topological polar surface area (TPSA) is 175 Å². The van der Waals surface area contributed by atoms with Crippen LogP contribution in [-0.2, 0) is 47.7 Å². The average Bonchev–Trinajstić information content (AvgIpc) is 3.28. The summed E-state index contributed by atoms with van der Waals surface area (Å²) in [4.78, 5) is 71.4. The van der Waals surface area contributed by atoms with Crippen LogP contribution in [-0.4, -0.2) is 127 Å². The normalized spacial score (nSPS) is 40.4. The molecule has 2 saturated heterocycles. The molecule has 1 saturated carbocycles. The van der Waals surface area contributed by atoms with E-state index in [9.17, 15) is 34.2 Å². The third-order valence-corrected chi connectivity index (χ3v) is 14.4. The van der Waals surface area contributed by atoms with E-state index < -0.39 is 83.9 Å². The number of hydrogen-bond donors (Lipinski definition) is 2. The van der Waals surface area contributed by atoms with Crippen LogP contribution in [0.3, 0.4) is 0 Å². The number of ketones is 3. The van der Waals surface area contributed by atoms with Crippen molar-refractivity contribution < 1.29 is 62.3 Å². The number of alkyl halides is 1. The summed E-state index contributed by atoms with van der Waals surface area (Å²) in [6.45, 7) is 12.5. The maximum Gasteiger partial charge on any atom is 0.329 e. The van der Waals surface area contributed by atoms with E-state index in [1.165, 1.54) is 7.11 Å². The highest BCUT2D eigenvalue weighted by Crippen LogP contribution is 2.40. The van der Waals surface area contributed by atoms with Crippen LogP contribution in [0.2, 0.25) is 0 Å². The monoisotopic (exact) mass is 916 g/mol. The van der Waals surface area contributed by atoms with Crippen molar-refractivity contribution in [1.82, 2.24) is 4.90 Å². The van der Waals surface area contributed by atoms with Crippen LogP contribution in [0, 0.1) is 35.5 Å². The Hall–Kier alpha value is -3.40. The lowest BCUT2D eigenvalue weighted by Crippen LogP contribution is -2.59. The van der Waals surface area contributed by atoms with Gasteiger partial charge in [-0.3, -0.25) is 19.2 Å². The Morgan fingerprint density at radius 1 is 0.862 bits per heavy atom. The van der Waals surface area contributed by atoms with Crippen molar-refractivity contribution in [3.63, 3.8) is 0 Å². The van der Waals surface area contributed by atoms with Crippen molar-refractivity contribution in [3.05, 3.63) is 47.6 Å². The van der Waals surface area contributed by atoms with Crippen molar-refractivity contribution >= 4 is 29.2 Å². The number of fused-ring (bicyclic) bond motifs is 3. The predicted octanol–water partition coefficient (Wildman–Crippen LogP) is 7.16. The molecule has 0 aromatic rings. The quantitative estimate of drug-likeness (QED) is 0.157. The first-order valence-corrected chi connectivity index (χ1v) is 23.9. The molecule has 3 fully saturated rings. The lowest BCUT2D eigenvalue weighted by Gasteiger charge is -2.41. The molecule has 0 aromatic heterocycles. The zero-order valence-corrected chi connectivity index (χ0v) is 40.5. The molecule has 0 radical (unpaired) electrons. The summed E-state index contributed by atoms with van der Waals surface area (Å²) in [7, 11) is 4.47. The van der Waals surface area contributed by atoms with Gasteiger partial charge in [-0.15, -0.1) is 0 Å². The SMILES string of the molecule is CO[C@H]1C[C@@H]2CC[C@@H](C)[C@@](F)(O2)C(=O)C(=O)N2CCCC[C@H]2C(=O)O[C@H]([C@H](C)C[C@H]2CC[C@@H](O)[C@H](OC)C2)CC(=O)[C@H](C)/C=C(\C)[C@@H](O)[C@@H](OC)C(=O)[C@H](C)C[C@H](C)/C=C/C=C/C=C/1C. The summed E-state index contributed by atoms with van der Waals surface area (Å²) >= 11 is 0. The van der Waals surface area contributed by atoms with Crippen molar-refractivity contribution in [2.24, 2.45) is 35.5 Å². The molecule has 14 heteroatoms. The standard InChI is InChI=1S/C51H78FNO12/c1-30-16-12-11-13-17-31(2)42(61-8)28-38-21-19-36(7)51(52,65-38)48(58)49(59)53-23-15-14-18-39(53)50(60)64-43(33(4)26-37-20-22-40(54)44(27-37)62-9)29-41(55)32(3)25-35(6)46(57)47(63-10)45(56)34(5)24-30/h11-13,16-17,25,30,32-34,36-40,42-44,46-47,54,57H,14-15,18-24,26-29H2,1-10H3/b13-11+,16-12+,31-17+,35-25+/t30-,32-,33-,34-,36-,37-,38+,39+,40-,42+,43+,44-,46-,47+,51-/m1/s1. The number of piperidine rings is 1. The fourth-order valence-electron chi connectivity index (χ4n) is 10.1. The maximum atomic E-state index is 17.1. The second kappa shape index (κ2) is 25.1.